The van der Waals surface area contributed by atoms with E-state index < -0.39 is 10.0 Å². The maximum atomic E-state index is 12.7. The Hall–Kier alpha value is -1.78. The lowest BCUT2D eigenvalue weighted by molar-refractivity contribution is -0.132. The van der Waals surface area contributed by atoms with Gasteiger partial charge in [-0.3, -0.25) is 9.59 Å². The molecule has 0 spiro atoms. The highest BCUT2D eigenvalue weighted by Gasteiger charge is 2.30. The van der Waals surface area contributed by atoms with E-state index in [0.29, 0.717) is 43.3 Å². The molecule has 148 valence electrons. The molecule has 2 aliphatic heterocycles. The van der Waals surface area contributed by atoms with Crippen LogP contribution in [0.1, 0.15) is 12.8 Å². The number of hydrogen-bond acceptors (Lipinski definition) is 6. The van der Waals surface area contributed by atoms with Crippen molar-refractivity contribution >= 4 is 33.6 Å². The molecule has 0 unspecified atom stereocenters. The Morgan fingerprint density at radius 2 is 1.93 bits per heavy atom. The van der Waals surface area contributed by atoms with Crippen molar-refractivity contribution in [1.82, 2.24) is 14.5 Å². The van der Waals surface area contributed by atoms with E-state index in [1.54, 1.807) is 12.1 Å². The van der Waals surface area contributed by atoms with E-state index in [1.807, 2.05) is 0 Å². The predicted molar refractivity (Wildman–Crippen MR) is 102 cm³/mol. The molecule has 2 amide bonds. The molecule has 1 aromatic carbocycles. The summed E-state index contributed by atoms with van der Waals surface area (Å²) < 4.78 is 32.0. The number of benzene rings is 1. The molecular weight excluding hydrogens is 390 g/mol. The minimum absolute atomic E-state index is 0.0180. The molecular formula is C17H23N3O5S2. The third kappa shape index (κ3) is 4.74. The first kappa shape index (κ1) is 20.0. The smallest absolute Gasteiger partial charge is 0.243 e. The lowest BCUT2D eigenvalue weighted by Crippen LogP contribution is -2.48. The maximum Gasteiger partial charge on any atom is 0.243 e. The summed E-state index contributed by atoms with van der Waals surface area (Å²) in [7, 11) is -2.03. The molecule has 0 radical (unpaired) electrons. The van der Waals surface area contributed by atoms with E-state index in [0.717, 1.165) is 0 Å². The lowest BCUT2D eigenvalue weighted by atomic mass is 10.1. The van der Waals surface area contributed by atoms with Gasteiger partial charge in [0.2, 0.25) is 21.8 Å². The standard InChI is InChI=1S/C17H23N3O5S2/c1-25-14-2-4-15(5-3-14)27(23,24)20-8-6-13(7-9-20)18-16(21)10-19-12-26-11-17(19)22/h2-5,13H,6-12H2,1H3,(H,18,21). The number of methoxy groups -OCH3 is 1. The minimum Gasteiger partial charge on any atom is -0.497 e. The van der Waals surface area contributed by atoms with Crippen LogP contribution < -0.4 is 10.1 Å². The minimum atomic E-state index is -3.56. The van der Waals surface area contributed by atoms with Gasteiger partial charge in [-0.25, -0.2) is 8.42 Å². The van der Waals surface area contributed by atoms with Crippen LogP contribution in [0.2, 0.25) is 0 Å². The molecule has 0 aromatic heterocycles. The number of thioether (sulfide) groups is 1. The van der Waals surface area contributed by atoms with Gasteiger partial charge in [-0.15, -0.1) is 11.8 Å². The molecule has 10 heteroatoms. The fourth-order valence-corrected chi connectivity index (χ4v) is 5.50. The van der Waals surface area contributed by atoms with Gasteiger partial charge in [0, 0.05) is 19.1 Å². The van der Waals surface area contributed by atoms with Crippen molar-refractivity contribution in [3.8, 4) is 5.75 Å². The molecule has 2 saturated heterocycles. The summed E-state index contributed by atoms with van der Waals surface area (Å²) in [4.78, 5) is 25.5. The predicted octanol–water partition coefficient (Wildman–Crippen LogP) is 0.497. The number of carbonyl (C=O) groups is 2. The molecule has 3 rings (SSSR count). The van der Waals surface area contributed by atoms with Crippen LogP contribution in [0.15, 0.2) is 29.2 Å². The Kier molecular flexibility index (Phi) is 6.28. The molecule has 0 aliphatic carbocycles. The Morgan fingerprint density at radius 1 is 1.26 bits per heavy atom. The molecule has 2 fully saturated rings. The highest BCUT2D eigenvalue weighted by molar-refractivity contribution is 8.00. The van der Waals surface area contributed by atoms with Gasteiger partial charge in [0.15, 0.2) is 0 Å². The van der Waals surface area contributed by atoms with Crippen molar-refractivity contribution in [2.75, 3.05) is 38.4 Å². The number of nitrogens with zero attached hydrogens (tertiary/aromatic N) is 2. The number of sulfonamides is 1. The summed E-state index contributed by atoms with van der Waals surface area (Å²) in [5, 5.41) is 2.91. The zero-order valence-electron chi connectivity index (χ0n) is 15.1. The number of nitrogens with one attached hydrogen (secondary N) is 1. The van der Waals surface area contributed by atoms with Crippen molar-refractivity contribution < 1.29 is 22.7 Å². The van der Waals surface area contributed by atoms with E-state index in [9.17, 15) is 18.0 Å². The van der Waals surface area contributed by atoms with Crippen molar-refractivity contribution in [3.63, 3.8) is 0 Å². The summed E-state index contributed by atoms with van der Waals surface area (Å²) in [6, 6.07) is 6.24. The van der Waals surface area contributed by atoms with Crippen molar-refractivity contribution in [2.24, 2.45) is 0 Å². The van der Waals surface area contributed by atoms with Crippen molar-refractivity contribution in [3.05, 3.63) is 24.3 Å². The fraction of sp³-hybridized carbons (Fsp3) is 0.529. The largest absolute Gasteiger partial charge is 0.497 e. The number of piperidine rings is 1. The first-order chi connectivity index (χ1) is 12.9. The second-order valence-electron chi connectivity index (χ2n) is 6.49. The Labute approximate surface area is 163 Å². The molecule has 2 aliphatic rings. The van der Waals surface area contributed by atoms with Gasteiger partial charge in [-0.2, -0.15) is 4.31 Å². The molecule has 0 saturated carbocycles. The van der Waals surface area contributed by atoms with Crippen LogP contribution in [0.25, 0.3) is 0 Å². The fourth-order valence-electron chi connectivity index (χ4n) is 3.12. The number of rotatable bonds is 6. The Balaban J connectivity index is 1.51. The van der Waals surface area contributed by atoms with Crippen LogP contribution >= 0.6 is 11.8 Å². The van der Waals surface area contributed by atoms with Crippen LogP contribution in [0.3, 0.4) is 0 Å². The summed E-state index contributed by atoms with van der Waals surface area (Å²) >= 11 is 1.50. The number of ether oxygens (including phenoxy) is 1. The Bertz CT molecular complexity index is 789. The van der Waals surface area contributed by atoms with Gasteiger partial charge < -0.3 is 15.0 Å². The van der Waals surface area contributed by atoms with E-state index >= 15 is 0 Å². The van der Waals surface area contributed by atoms with Gasteiger partial charge in [-0.1, -0.05) is 0 Å². The summed E-state index contributed by atoms with van der Waals surface area (Å²) in [5.74, 6) is 1.36. The van der Waals surface area contributed by atoms with E-state index in [4.69, 9.17) is 4.74 Å². The number of amides is 2. The SMILES string of the molecule is COc1ccc(S(=O)(=O)N2CCC(NC(=O)CN3CSCC3=O)CC2)cc1. The maximum absolute atomic E-state index is 12.7. The van der Waals surface area contributed by atoms with Gasteiger partial charge >= 0.3 is 0 Å². The van der Waals surface area contributed by atoms with Crippen molar-refractivity contribution in [2.45, 2.75) is 23.8 Å². The number of hydrogen-bond donors (Lipinski definition) is 1. The molecule has 8 nitrogen and oxygen atoms in total. The molecule has 27 heavy (non-hydrogen) atoms. The van der Waals surface area contributed by atoms with Crippen molar-refractivity contribution in [1.29, 1.82) is 0 Å². The topological polar surface area (TPSA) is 96.0 Å². The average molecular weight is 414 g/mol. The van der Waals surface area contributed by atoms with Crippen LogP contribution in [0.5, 0.6) is 5.75 Å². The van der Waals surface area contributed by atoms with E-state index in [2.05, 4.69) is 5.32 Å². The third-order valence-electron chi connectivity index (χ3n) is 4.68. The second kappa shape index (κ2) is 8.49. The van der Waals surface area contributed by atoms with Crippen LogP contribution in [-0.4, -0.2) is 73.9 Å². The quantitative estimate of drug-likeness (QED) is 0.730. The molecule has 1 aromatic rings. The molecule has 2 heterocycles. The number of carbonyl (C=O) groups excluding carboxylic acids is 2. The van der Waals surface area contributed by atoms with Crippen LogP contribution in [-0.2, 0) is 19.6 Å². The molecule has 0 atom stereocenters. The highest BCUT2D eigenvalue weighted by atomic mass is 32.2. The first-order valence-electron chi connectivity index (χ1n) is 8.69. The normalized spacial score (nSPS) is 19.3. The third-order valence-corrected chi connectivity index (χ3v) is 7.53. The summed E-state index contributed by atoms with van der Waals surface area (Å²) in [5.41, 5.74) is 0. The highest BCUT2D eigenvalue weighted by Crippen LogP contribution is 2.23. The molecule has 1 N–H and O–H groups in total. The second-order valence-corrected chi connectivity index (χ2v) is 9.38. The first-order valence-corrected chi connectivity index (χ1v) is 11.3. The lowest BCUT2D eigenvalue weighted by Gasteiger charge is -2.32. The zero-order valence-corrected chi connectivity index (χ0v) is 16.7. The Morgan fingerprint density at radius 3 is 2.48 bits per heavy atom. The monoisotopic (exact) mass is 413 g/mol. The van der Waals surface area contributed by atoms with Gasteiger partial charge in [-0.05, 0) is 37.1 Å². The summed E-state index contributed by atoms with van der Waals surface area (Å²) in [6.07, 6.45) is 1.09. The zero-order chi connectivity index (χ0) is 19.4. The summed E-state index contributed by atoms with van der Waals surface area (Å²) in [6.45, 7) is 0.756. The average Bonchev–Trinajstić information content (AvgIpc) is 3.06. The van der Waals surface area contributed by atoms with Gasteiger partial charge in [0.05, 0.1) is 23.6 Å². The van der Waals surface area contributed by atoms with Crippen LogP contribution in [0.4, 0.5) is 0 Å². The van der Waals surface area contributed by atoms with E-state index in [1.165, 1.54) is 40.2 Å². The molecule has 0 bridgehead atoms. The van der Waals surface area contributed by atoms with Crippen LogP contribution in [0, 0.1) is 0 Å². The van der Waals surface area contributed by atoms with Gasteiger partial charge in [0.1, 0.15) is 12.3 Å². The van der Waals surface area contributed by atoms with Gasteiger partial charge in [0.25, 0.3) is 0 Å². The van der Waals surface area contributed by atoms with E-state index in [-0.39, 0.29) is 29.3 Å².